The van der Waals surface area contributed by atoms with Gasteiger partial charge >= 0.3 is 19.5 Å². The minimum absolute atomic E-state index is 0. The molecule has 2 heterocycles. The zero-order valence-corrected chi connectivity index (χ0v) is 28.1. The van der Waals surface area contributed by atoms with Crippen LogP contribution in [0.1, 0.15) is 38.8 Å². The number of aliphatic imine (C=N–C) groups is 2. The van der Waals surface area contributed by atoms with Gasteiger partial charge in [0.25, 0.3) is 0 Å². The number of hydrogen-bond donors (Lipinski definition) is 0. The Balaban J connectivity index is 0.000000200. The van der Waals surface area contributed by atoms with E-state index in [9.17, 15) is 27.8 Å². The molecule has 6 rings (SSSR count). The number of benzene rings is 4. The van der Waals surface area contributed by atoms with Gasteiger partial charge in [0.1, 0.15) is 36.5 Å². The van der Waals surface area contributed by atoms with Crippen molar-refractivity contribution >= 4 is 11.8 Å². The van der Waals surface area contributed by atoms with E-state index >= 15 is 0 Å². The Morgan fingerprint density at radius 3 is 1.24 bits per heavy atom. The summed E-state index contributed by atoms with van der Waals surface area (Å²) in [4.78, 5) is 8.73. The molecule has 0 radical (unpaired) electrons. The molecule has 4 aromatic carbocycles. The number of hydrogen-bond acceptors (Lipinski definition) is 6. The molecule has 2 aliphatic rings. The van der Waals surface area contributed by atoms with Crippen LogP contribution >= 0.6 is 0 Å². The van der Waals surface area contributed by atoms with Crippen LogP contribution in [-0.2, 0) is 29.0 Å². The average molecular weight is 670 g/mol. The Morgan fingerprint density at radius 2 is 0.933 bits per heavy atom. The second kappa shape index (κ2) is 13.0. The van der Waals surface area contributed by atoms with Crippen LogP contribution in [0.25, 0.3) is 22.3 Å². The first kappa shape index (κ1) is 33.7. The summed E-state index contributed by atoms with van der Waals surface area (Å²) < 4.78 is 64.7. The summed E-state index contributed by atoms with van der Waals surface area (Å²) in [7, 11) is 0. The first-order chi connectivity index (χ1) is 20.7. The van der Waals surface area contributed by atoms with E-state index < -0.39 is 23.3 Å². The molecule has 4 aromatic rings. The van der Waals surface area contributed by atoms with Crippen LogP contribution in [0.15, 0.2) is 82.8 Å². The van der Waals surface area contributed by atoms with Gasteiger partial charge in [-0.25, -0.2) is 27.5 Å². The van der Waals surface area contributed by atoms with Gasteiger partial charge in [-0.3, -0.25) is 0 Å². The van der Waals surface area contributed by atoms with Crippen LogP contribution in [0.2, 0.25) is 0 Å². The molecule has 11 heteroatoms. The molecule has 0 bridgehead atoms. The number of nitrogens with zero attached hydrogens (tertiary/aromatic N) is 2. The second-order valence-electron chi connectivity index (χ2n) is 11.7. The zero-order valence-electron chi connectivity index (χ0n) is 25.1. The van der Waals surface area contributed by atoms with Gasteiger partial charge in [0, 0.05) is 34.4 Å². The smallest absolute Gasteiger partial charge is 0.872 e. The Bertz CT molecular complexity index is 1680. The Labute approximate surface area is 270 Å². The van der Waals surface area contributed by atoms with Gasteiger partial charge in [0.05, 0.1) is 11.1 Å². The van der Waals surface area contributed by atoms with Gasteiger partial charge in [0.2, 0.25) is 11.8 Å². The fraction of sp³-hybridized carbons (Fsp3) is 0.235. The molecule has 0 aliphatic carbocycles. The molecular weight excluding hydrogens is 642 g/mol. The molecule has 0 aromatic heterocycles. The maximum atomic E-state index is 13.9. The molecular formula is C34H28F4N2O4Zn. The van der Waals surface area contributed by atoms with Crippen molar-refractivity contribution in [2.75, 3.05) is 13.2 Å². The van der Waals surface area contributed by atoms with Crippen molar-refractivity contribution in [2.24, 2.45) is 9.98 Å². The summed E-state index contributed by atoms with van der Waals surface area (Å²) >= 11 is 0. The van der Waals surface area contributed by atoms with E-state index in [1.165, 1.54) is 60.7 Å². The van der Waals surface area contributed by atoms with E-state index in [2.05, 4.69) is 9.98 Å². The largest absolute Gasteiger partial charge is 2.00 e. The quantitative estimate of drug-likeness (QED) is 0.183. The summed E-state index contributed by atoms with van der Waals surface area (Å²) in [5.41, 5.74) is 1.18. The summed E-state index contributed by atoms with van der Waals surface area (Å²) in [6.45, 7) is 8.36. The van der Waals surface area contributed by atoms with E-state index in [1.807, 2.05) is 27.7 Å². The first-order valence-electron chi connectivity index (χ1n) is 13.7. The molecule has 0 spiro atoms. The van der Waals surface area contributed by atoms with Gasteiger partial charge < -0.3 is 19.7 Å². The van der Waals surface area contributed by atoms with Crippen molar-refractivity contribution in [3.05, 3.63) is 107 Å². The molecule has 0 atom stereocenters. The molecule has 0 saturated carbocycles. The molecule has 0 fully saturated rings. The third-order valence-corrected chi connectivity index (χ3v) is 6.84. The second-order valence-corrected chi connectivity index (χ2v) is 11.7. The third kappa shape index (κ3) is 7.71. The Kier molecular flexibility index (Phi) is 9.73. The molecule has 0 N–H and O–H groups in total. The minimum Gasteiger partial charge on any atom is -0.872 e. The fourth-order valence-electron chi connectivity index (χ4n) is 4.62. The topological polar surface area (TPSA) is 89.3 Å². The predicted molar refractivity (Wildman–Crippen MR) is 156 cm³/mol. The van der Waals surface area contributed by atoms with E-state index in [1.54, 1.807) is 0 Å². The normalized spacial score (nSPS) is 15.9. The number of rotatable bonds is 4. The van der Waals surface area contributed by atoms with Crippen LogP contribution in [0, 0.1) is 23.3 Å². The maximum absolute atomic E-state index is 13.9. The molecule has 45 heavy (non-hydrogen) atoms. The van der Waals surface area contributed by atoms with Crippen molar-refractivity contribution in [3.63, 3.8) is 0 Å². The SMILES string of the molecule is CC1(C)COC(c2cc(-c3ccc(F)cc3F)ccc2[O-])=N1.CC1(C)COC(c2cc(-c3ccc(F)cc3F)ccc2[O-])=N1.[Zn+2]. The zero-order chi connectivity index (χ0) is 31.8. The molecule has 0 amide bonds. The van der Waals surface area contributed by atoms with Gasteiger partial charge in [-0.05, 0) is 75.2 Å². The molecule has 2 aliphatic heterocycles. The van der Waals surface area contributed by atoms with Crippen molar-refractivity contribution in [1.29, 1.82) is 0 Å². The van der Waals surface area contributed by atoms with Crippen molar-refractivity contribution < 1.29 is 56.7 Å². The average Bonchev–Trinajstić information content (AvgIpc) is 3.50. The monoisotopic (exact) mass is 668 g/mol. The Hall–Kier alpha value is -4.24. The van der Waals surface area contributed by atoms with E-state index in [0.717, 1.165) is 12.1 Å². The van der Waals surface area contributed by atoms with Gasteiger partial charge in [-0.15, -0.1) is 0 Å². The molecule has 0 saturated heterocycles. The first-order valence-corrected chi connectivity index (χ1v) is 13.7. The summed E-state index contributed by atoms with van der Waals surface area (Å²) in [6, 6.07) is 15.4. The standard InChI is InChI=1S/2C17H15F2NO2.Zn/c2*1-17(2)9-22-16(20-17)13-7-10(3-6-15(13)21)12-5-4-11(18)8-14(12)19;/h2*3-8,21H,9H2,1-2H3;/q;;+2/p-2. The van der Waals surface area contributed by atoms with Crippen LogP contribution < -0.4 is 10.2 Å². The summed E-state index contributed by atoms with van der Waals surface area (Å²) in [6.07, 6.45) is 0. The van der Waals surface area contributed by atoms with E-state index in [4.69, 9.17) is 9.47 Å². The predicted octanol–water partition coefficient (Wildman–Crippen LogP) is 6.52. The fourth-order valence-corrected chi connectivity index (χ4v) is 4.62. The molecule has 228 valence electrons. The minimum atomic E-state index is -0.681. The van der Waals surface area contributed by atoms with Crippen molar-refractivity contribution in [3.8, 4) is 33.8 Å². The van der Waals surface area contributed by atoms with Crippen molar-refractivity contribution in [1.82, 2.24) is 0 Å². The van der Waals surface area contributed by atoms with Crippen LogP contribution in [0.4, 0.5) is 17.6 Å². The van der Waals surface area contributed by atoms with E-state index in [0.29, 0.717) is 24.3 Å². The third-order valence-electron chi connectivity index (χ3n) is 6.84. The molecule has 6 nitrogen and oxygen atoms in total. The van der Waals surface area contributed by atoms with Crippen LogP contribution in [0.5, 0.6) is 11.5 Å². The number of ether oxygens (including phenoxy) is 2. The summed E-state index contributed by atoms with van der Waals surface area (Å²) in [5, 5.41) is 24.1. The Morgan fingerprint density at radius 1 is 0.556 bits per heavy atom. The number of halogens is 4. The van der Waals surface area contributed by atoms with Gasteiger partial charge in [-0.2, -0.15) is 0 Å². The van der Waals surface area contributed by atoms with Gasteiger partial charge in [0.15, 0.2) is 0 Å². The van der Waals surface area contributed by atoms with Crippen LogP contribution in [-0.4, -0.2) is 36.1 Å². The summed E-state index contributed by atoms with van der Waals surface area (Å²) in [5.74, 6) is -2.62. The van der Waals surface area contributed by atoms with Crippen molar-refractivity contribution in [2.45, 2.75) is 38.8 Å². The molecule has 0 unspecified atom stereocenters. The van der Waals surface area contributed by atoms with Gasteiger partial charge in [-0.1, -0.05) is 35.8 Å². The van der Waals surface area contributed by atoms with E-state index in [-0.39, 0.29) is 76.1 Å². The maximum Gasteiger partial charge on any atom is 2.00 e. The van der Waals surface area contributed by atoms with Crippen LogP contribution in [0.3, 0.4) is 0 Å².